The second kappa shape index (κ2) is 2.60. The van der Waals surface area contributed by atoms with Crippen LogP contribution in [0, 0.1) is 0 Å². The third-order valence-electron chi connectivity index (χ3n) is 1.85. The lowest BCUT2D eigenvalue weighted by Crippen LogP contribution is -2.32. The smallest absolute Gasteiger partial charge is 0.198 e. The molecule has 0 unspecified atom stereocenters. The van der Waals surface area contributed by atoms with Crippen LogP contribution in [-0.4, -0.2) is 23.6 Å². The molecule has 1 atom stereocenters. The van der Waals surface area contributed by atoms with Crippen molar-refractivity contribution in [3.63, 3.8) is 0 Å². The molecule has 1 aliphatic heterocycles. The predicted molar refractivity (Wildman–Crippen MR) is 42.3 cm³/mol. The van der Waals surface area contributed by atoms with Gasteiger partial charge in [-0.15, -0.1) is 0 Å². The molecule has 0 radical (unpaired) electrons. The van der Waals surface area contributed by atoms with Gasteiger partial charge in [0.05, 0.1) is 5.56 Å². The van der Waals surface area contributed by atoms with Crippen LogP contribution in [0.15, 0.2) is 24.3 Å². The van der Waals surface area contributed by atoms with Crippen molar-refractivity contribution < 1.29 is 14.6 Å². The Hall–Kier alpha value is -1.35. The number of rotatable bonds is 0. The van der Waals surface area contributed by atoms with Gasteiger partial charge >= 0.3 is 0 Å². The van der Waals surface area contributed by atoms with Gasteiger partial charge in [0, 0.05) is 0 Å². The summed E-state index contributed by atoms with van der Waals surface area (Å²) in [5.41, 5.74) is 0.469. The number of benzene rings is 1. The Kier molecular flexibility index (Phi) is 1.59. The third kappa shape index (κ3) is 0.987. The molecule has 1 N–H and O–H groups in total. The van der Waals surface area contributed by atoms with Gasteiger partial charge in [-0.25, -0.2) is 0 Å². The van der Waals surface area contributed by atoms with Gasteiger partial charge in [0.1, 0.15) is 12.4 Å². The van der Waals surface area contributed by atoms with Crippen molar-refractivity contribution in [2.45, 2.75) is 6.10 Å². The van der Waals surface area contributed by atoms with Gasteiger partial charge in [-0.05, 0) is 12.1 Å². The Labute approximate surface area is 69.6 Å². The van der Waals surface area contributed by atoms with Gasteiger partial charge in [0.25, 0.3) is 0 Å². The summed E-state index contributed by atoms with van der Waals surface area (Å²) in [5, 5.41) is 9.15. The fraction of sp³-hybridized carbons (Fsp3) is 0.222. The lowest BCUT2D eigenvalue weighted by atomic mass is 10.0. The molecule has 1 aromatic carbocycles. The Balaban J connectivity index is 2.49. The molecule has 62 valence electrons. The average molecular weight is 164 g/mol. The molecule has 0 aromatic heterocycles. The molecule has 0 spiro atoms. The minimum Gasteiger partial charge on any atom is -0.490 e. The number of aliphatic hydroxyl groups is 1. The minimum absolute atomic E-state index is 0.0653. The monoisotopic (exact) mass is 164 g/mol. The van der Waals surface area contributed by atoms with Crippen LogP contribution >= 0.6 is 0 Å². The zero-order chi connectivity index (χ0) is 8.55. The molecule has 3 nitrogen and oxygen atoms in total. The van der Waals surface area contributed by atoms with Crippen molar-refractivity contribution in [2.24, 2.45) is 0 Å². The first-order valence-electron chi connectivity index (χ1n) is 3.73. The van der Waals surface area contributed by atoms with E-state index in [-0.39, 0.29) is 12.4 Å². The highest BCUT2D eigenvalue weighted by Gasteiger charge is 2.25. The molecule has 1 heterocycles. The van der Waals surface area contributed by atoms with E-state index in [9.17, 15) is 4.79 Å². The summed E-state index contributed by atoms with van der Waals surface area (Å²) in [6.07, 6.45) is -1.00. The molecule has 1 aromatic rings. The molecular weight excluding hydrogens is 156 g/mol. The minimum atomic E-state index is -1.00. The maximum Gasteiger partial charge on any atom is 0.198 e. The SMILES string of the molecule is O=C1c2ccccc2OC[C@@H]1O. The number of hydrogen-bond acceptors (Lipinski definition) is 3. The second-order valence-corrected chi connectivity index (χ2v) is 2.69. The Morgan fingerprint density at radius 2 is 2.17 bits per heavy atom. The Morgan fingerprint density at radius 1 is 1.42 bits per heavy atom. The first-order valence-corrected chi connectivity index (χ1v) is 3.73. The molecule has 0 aliphatic carbocycles. The van der Waals surface area contributed by atoms with Crippen molar-refractivity contribution in [3.05, 3.63) is 29.8 Å². The maximum absolute atomic E-state index is 11.3. The first kappa shape index (κ1) is 7.31. The molecular formula is C9H8O3. The van der Waals surface area contributed by atoms with Crippen LogP contribution in [0.25, 0.3) is 0 Å². The van der Waals surface area contributed by atoms with Crippen LogP contribution in [0.5, 0.6) is 5.75 Å². The number of hydrogen-bond donors (Lipinski definition) is 1. The summed E-state index contributed by atoms with van der Waals surface area (Å²) in [5.74, 6) is 0.310. The molecule has 2 rings (SSSR count). The maximum atomic E-state index is 11.3. The molecule has 0 fully saturated rings. The van der Waals surface area contributed by atoms with Crippen molar-refractivity contribution in [1.82, 2.24) is 0 Å². The lowest BCUT2D eigenvalue weighted by Gasteiger charge is -2.19. The molecule has 1 aliphatic rings. The highest BCUT2D eigenvalue weighted by atomic mass is 16.5. The summed E-state index contributed by atoms with van der Waals surface area (Å²) in [4.78, 5) is 11.3. The van der Waals surface area contributed by atoms with Crippen LogP contribution in [0.1, 0.15) is 10.4 Å². The van der Waals surface area contributed by atoms with E-state index in [2.05, 4.69) is 0 Å². The van der Waals surface area contributed by atoms with Crippen molar-refractivity contribution in [2.75, 3.05) is 6.61 Å². The molecule has 0 saturated heterocycles. The van der Waals surface area contributed by atoms with E-state index >= 15 is 0 Å². The molecule has 0 saturated carbocycles. The van der Waals surface area contributed by atoms with Gasteiger partial charge in [-0.3, -0.25) is 4.79 Å². The van der Waals surface area contributed by atoms with E-state index in [4.69, 9.17) is 9.84 Å². The molecule has 12 heavy (non-hydrogen) atoms. The normalized spacial score (nSPS) is 21.4. The van der Waals surface area contributed by atoms with Crippen molar-refractivity contribution in [3.8, 4) is 5.75 Å². The summed E-state index contributed by atoms with van der Waals surface area (Å²) in [6, 6.07) is 6.92. The molecule has 0 bridgehead atoms. The fourth-order valence-electron chi connectivity index (χ4n) is 1.22. The van der Waals surface area contributed by atoms with Crippen LogP contribution in [0.4, 0.5) is 0 Å². The number of para-hydroxylation sites is 1. The second-order valence-electron chi connectivity index (χ2n) is 2.69. The van der Waals surface area contributed by atoms with Gasteiger partial charge in [0.2, 0.25) is 0 Å². The van der Waals surface area contributed by atoms with Gasteiger partial charge in [-0.2, -0.15) is 0 Å². The van der Waals surface area contributed by atoms with Crippen molar-refractivity contribution >= 4 is 5.78 Å². The standard InChI is InChI=1S/C9H8O3/c10-7-5-12-8-4-2-1-3-6(8)9(7)11/h1-4,7,10H,5H2/t7-/m0/s1. The van der Waals surface area contributed by atoms with Gasteiger partial charge < -0.3 is 9.84 Å². The first-order chi connectivity index (χ1) is 5.79. The Bertz CT molecular complexity index is 319. The highest BCUT2D eigenvalue weighted by molar-refractivity contribution is 6.02. The van der Waals surface area contributed by atoms with Crippen LogP contribution in [0.2, 0.25) is 0 Å². The third-order valence-corrected chi connectivity index (χ3v) is 1.85. The zero-order valence-electron chi connectivity index (χ0n) is 6.36. The topological polar surface area (TPSA) is 46.5 Å². The van der Waals surface area contributed by atoms with Crippen LogP contribution < -0.4 is 4.74 Å². The molecule has 0 amide bonds. The number of ketones is 1. The average Bonchev–Trinajstić information content (AvgIpc) is 2.12. The fourth-order valence-corrected chi connectivity index (χ4v) is 1.22. The molecule has 3 heteroatoms. The summed E-state index contributed by atoms with van der Waals surface area (Å²) in [6.45, 7) is 0.0653. The Morgan fingerprint density at radius 3 is 3.00 bits per heavy atom. The highest BCUT2D eigenvalue weighted by Crippen LogP contribution is 2.23. The van der Waals surface area contributed by atoms with E-state index in [1.807, 2.05) is 0 Å². The quantitative estimate of drug-likeness (QED) is 0.611. The number of ether oxygens (including phenoxy) is 1. The van der Waals surface area contributed by atoms with E-state index < -0.39 is 6.10 Å². The zero-order valence-corrected chi connectivity index (χ0v) is 6.36. The summed E-state index contributed by atoms with van der Waals surface area (Å²) in [7, 11) is 0. The predicted octanol–water partition coefficient (Wildman–Crippen LogP) is 0.623. The van der Waals surface area contributed by atoms with Gasteiger partial charge in [-0.1, -0.05) is 12.1 Å². The van der Waals surface area contributed by atoms with E-state index in [0.29, 0.717) is 11.3 Å². The van der Waals surface area contributed by atoms with E-state index in [0.717, 1.165) is 0 Å². The number of aliphatic hydroxyl groups excluding tert-OH is 1. The van der Waals surface area contributed by atoms with Crippen molar-refractivity contribution in [1.29, 1.82) is 0 Å². The van der Waals surface area contributed by atoms with Crippen LogP contribution in [0.3, 0.4) is 0 Å². The van der Waals surface area contributed by atoms with E-state index in [1.165, 1.54) is 0 Å². The largest absolute Gasteiger partial charge is 0.490 e. The summed E-state index contributed by atoms with van der Waals surface area (Å²) >= 11 is 0. The van der Waals surface area contributed by atoms with E-state index in [1.54, 1.807) is 24.3 Å². The van der Waals surface area contributed by atoms with Gasteiger partial charge in [0.15, 0.2) is 11.9 Å². The number of carbonyl (C=O) groups excluding carboxylic acids is 1. The van der Waals surface area contributed by atoms with Crippen LogP contribution in [-0.2, 0) is 0 Å². The number of carbonyl (C=O) groups is 1. The number of Topliss-reactive ketones (excluding diaryl/α,β-unsaturated/α-hetero) is 1. The number of fused-ring (bicyclic) bond motifs is 1. The summed E-state index contributed by atoms with van der Waals surface area (Å²) < 4.78 is 5.14. The lowest BCUT2D eigenvalue weighted by molar-refractivity contribution is 0.0558.